The van der Waals surface area contributed by atoms with Gasteiger partial charge in [-0.1, -0.05) is 5.21 Å². The lowest BCUT2D eigenvalue weighted by atomic mass is 10.2. The van der Waals surface area contributed by atoms with Crippen molar-refractivity contribution in [2.75, 3.05) is 6.61 Å². The molecule has 84 valence electrons. The fourth-order valence-electron chi connectivity index (χ4n) is 1.43. The second-order valence-electron chi connectivity index (χ2n) is 3.56. The monoisotopic (exact) mass is 221 g/mol. The van der Waals surface area contributed by atoms with Gasteiger partial charge in [0, 0.05) is 13.0 Å². The van der Waals surface area contributed by atoms with E-state index in [0.29, 0.717) is 17.7 Å². The van der Waals surface area contributed by atoms with Crippen molar-refractivity contribution in [2.24, 2.45) is 0 Å². The van der Waals surface area contributed by atoms with E-state index < -0.39 is 0 Å². The van der Waals surface area contributed by atoms with Crippen molar-refractivity contribution >= 4 is 0 Å². The first-order valence-corrected chi connectivity index (χ1v) is 4.99. The van der Waals surface area contributed by atoms with Gasteiger partial charge in [-0.3, -0.25) is 0 Å². The van der Waals surface area contributed by atoms with Gasteiger partial charge in [-0.2, -0.15) is 0 Å². The third-order valence-corrected chi connectivity index (χ3v) is 2.31. The second-order valence-corrected chi connectivity index (χ2v) is 3.56. The summed E-state index contributed by atoms with van der Waals surface area (Å²) in [6, 6.07) is 4.74. The summed E-state index contributed by atoms with van der Waals surface area (Å²) in [5.41, 5.74) is 2.04. The van der Waals surface area contributed by atoms with Crippen LogP contribution in [0.25, 0.3) is 5.69 Å². The van der Waals surface area contributed by atoms with Crippen molar-refractivity contribution in [3.8, 4) is 5.69 Å². The van der Waals surface area contributed by atoms with E-state index in [-0.39, 0.29) is 12.4 Å². The summed E-state index contributed by atoms with van der Waals surface area (Å²) in [7, 11) is 0. The average molecular weight is 221 g/mol. The summed E-state index contributed by atoms with van der Waals surface area (Å²) >= 11 is 0. The molecule has 4 nitrogen and oxygen atoms in total. The molecule has 2 rings (SSSR count). The molecule has 0 spiro atoms. The normalized spacial score (nSPS) is 10.7. The lowest BCUT2D eigenvalue weighted by molar-refractivity contribution is 0.298. The number of aliphatic hydroxyl groups excluding tert-OH is 1. The highest BCUT2D eigenvalue weighted by atomic mass is 19.1. The number of aromatic nitrogens is 3. The van der Waals surface area contributed by atoms with Gasteiger partial charge in [-0.25, -0.2) is 9.07 Å². The maximum Gasteiger partial charge on any atom is 0.126 e. The molecule has 2 aromatic rings. The van der Waals surface area contributed by atoms with E-state index in [4.69, 9.17) is 5.11 Å². The zero-order valence-corrected chi connectivity index (χ0v) is 8.89. The van der Waals surface area contributed by atoms with Crippen molar-refractivity contribution in [3.05, 3.63) is 41.5 Å². The Morgan fingerprint density at radius 3 is 2.94 bits per heavy atom. The number of halogens is 1. The van der Waals surface area contributed by atoms with Gasteiger partial charge in [0.2, 0.25) is 0 Å². The van der Waals surface area contributed by atoms with E-state index in [1.54, 1.807) is 29.9 Å². The summed E-state index contributed by atoms with van der Waals surface area (Å²) in [6.07, 6.45) is 2.20. The van der Waals surface area contributed by atoms with Gasteiger partial charge in [0.15, 0.2) is 0 Å². The number of hydrogen-bond donors (Lipinski definition) is 1. The van der Waals surface area contributed by atoms with E-state index in [1.807, 2.05) is 0 Å². The van der Waals surface area contributed by atoms with Crippen molar-refractivity contribution in [1.82, 2.24) is 15.0 Å². The topological polar surface area (TPSA) is 50.9 Å². The molecular formula is C11H12FN3O. The van der Waals surface area contributed by atoms with Gasteiger partial charge in [-0.15, -0.1) is 5.10 Å². The molecule has 1 aromatic carbocycles. The number of hydrogen-bond acceptors (Lipinski definition) is 3. The molecule has 0 saturated carbocycles. The number of benzene rings is 1. The zero-order chi connectivity index (χ0) is 11.5. The van der Waals surface area contributed by atoms with Crippen LogP contribution < -0.4 is 0 Å². The number of aryl methyl sites for hydroxylation is 1. The third kappa shape index (κ3) is 2.09. The van der Waals surface area contributed by atoms with Gasteiger partial charge < -0.3 is 5.11 Å². The highest BCUT2D eigenvalue weighted by Crippen LogP contribution is 2.12. The summed E-state index contributed by atoms with van der Waals surface area (Å²) in [5, 5.41) is 16.6. The van der Waals surface area contributed by atoms with E-state index in [1.165, 1.54) is 6.07 Å². The molecular weight excluding hydrogens is 209 g/mol. The molecule has 1 N–H and O–H groups in total. The maximum atomic E-state index is 13.1. The fraction of sp³-hybridized carbons (Fsp3) is 0.273. The van der Waals surface area contributed by atoms with E-state index in [0.717, 1.165) is 5.69 Å². The Labute approximate surface area is 92.3 Å². The molecule has 1 heterocycles. The minimum absolute atomic E-state index is 0.0428. The van der Waals surface area contributed by atoms with Crippen molar-refractivity contribution < 1.29 is 9.50 Å². The molecule has 0 bridgehead atoms. The average Bonchev–Trinajstić information content (AvgIpc) is 2.71. The van der Waals surface area contributed by atoms with E-state index >= 15 is 0 Å². The molecule has 0 aliphatic carbocycles. The Bertz CT molecular complexity index is 496. The standard InChI is InChI=1S/C11H12FN3O/c1-8-6-10(2-3-11(8)12)15-7-9(4-5-16)13-14-15/h2-3,6-7,16H,4-5H2,1H3. The van der Waals surface area contributed by atoms with Crippen LogP contribution in [-0.4, -0.2) is 26.7 Å². The third-order valence-electron chi connectivity index (χ3n) is 2.31. The molecule has 0 aliphatic heterocycles. The minimum atomic E-state index is -0.237. The molecule has 0 fully saturated rings. The van der Waals surface area contributed by atoms with Crippen LogP contribution in [0, 0.1) is 12.7 Å². The van der Waals surface area contributed by atoms with Gasteiger partial charge in [0.05, 0.1) is 17.6 Å². The Balaban J connectivity index is 2.31. The quantitative estimate of drug-likeness (QED) is 0.848. The Morgan fingerprint density at radius 1 is 1.44 bits per heavy atom. The lowest BCUT2D eigenvalue weighted by Crippen LogP contribution is -1.96. The second kappa shape index (κ2) is 4.40. The summed E-state index contributed by atoms with van der Waals surface area (Å²) in [6.45, 7) is 1.74. The highest BCUT2D eigenvalue weighted by Gasteiger charge is 2.04. The SMILES string of the molecule is Cc1cc(-n2cc(CCO)nn2)ccc1F. The van der Waals surface area contributed by atoms with Crippen LogP contribution in [0.2, 0.25) is 0 Å². The zero-order valence-electron chi connectivity index (χ0n) is 8.89. The van der Waals surface area contributed by atoms with Crippen molar-refractivity contribution in [2.45, 2.75) is 13.3 Å². The predicted molar refractivity (Wildman–Crippen MR) is 56.8 cm³/mol. The Kier molecular flexibility index (Phi) is 2.96. The molecule has 5 heteroatoms. The summed E-state index contributed by atoms with van der Waals surface area (Å²) in [5.74, 6) is -0.237. The molecule has 0 amide bonds. The highest BCUT2D eigenvalue weighted by molar-refractivity contribution is 5.35. The van der Waals surface area contributed by atoms with Crippen molar-refractivity contribution in [3.63, 3.8) is 0 Å². The van der Waals surface area contributed by atoms with Gasteiger partial charge >= 0.3 is 0 Å². The molecule has 1 aromatic heterocycles. The Hall–Kier alpha value is -1.75. The first-order chi connectivity index (χ1) is 7.70. The van der Waals surface area contributed by atoms with Crippen LogP contribution in [-0.2, 0) is 6.42 Å². The number of aliphatic hydroxyl groups is 1. The van der Waals surface area contributed by atoms with Crippen molar-refractivity contribution in [1.29, 1.82) is 0 Å². The fourth-order valence-corrected chi connectivity index (χ4v) is 1.43. The van der Waals surface area contributed by atoms with Gasteiger partial charge in [-0.05, 0) is 30.7 Å². The molecule has 0 saturated heterocycles. The first kappa shape index (κ1) is 10.8. The lowest BCUT2D eigenvalue weighted by Gasteiger charge is -2.01. The Morgan fingerprint density at radius 2 is 2.25 bits per heavy atom. The summed E-state index contributed by atoms with van der Waals surface area (Å²) in [4.78, 5) is 0. The van der Waals surface area contributed by atoms with Crippen LogP contribution in [0.4, 0.5) is 4.39 Å². The van der Waals surface area contributed by atoms with Crippen LogP contribution >= 0.6 is 0 Å². The molecule has 0 atom stereocenters. The molecule has 16 heavy (non-hydrogen) atoms. The molecule has 0 unspecified atom stereocenters. The van der Waals surface area contributed by atoms with E-state index in [2.05, 4.69) is 10.3 Å². The number of rotatable bonds is 3. The van der Waals surface area contributed by atoms with Gasteiger partial charge in [0.1, 0.15) is 5.82 Å². The summed E-state index contributed by atoms with van der Waals surface area (Å²) < 4.78 is 14.6. The van der Waals surface area contributed by atoms with Crippen LogP contribution in [0.5, 0.6) is 0 Å². The van der Waals surface area contributed by atoms with Gasteiger partial charge in [0.25, 0.3) is 0 Å². The predicted octanol–water partition coefficient (Wildman–Crippen LogP) is 1.25. The minimum Gasteiger partial charge on any atom is -0.396 e. The largest absolute Gasteiger partial charge is 0.396 e. The molecule has 0 aliphatic rings. The molecule has 0 radical (unpaired) electrons. The van der Waals surface area contributed by atoms with Crippen LogP contribution in [0.3, 0.4) is 0 Å². The first-order valence-electron chi connectivity index (χ1n) is 4.99. The van der Waals surface area contributed by atoms with Crippen LogP contribution in [0.1, 0.15) is 11.3 Å². The number of nitrogens with zero attached hydrogens (tertiary/aromatic N) is 3. The maximum absolute atomic E-state index is 13.1. The smallest absolute Gasteiger partial charge is 0.126 e. The van der Waals surface area contributed by atoms with E-state index in [9.17, 15) is 4.39 Å². The van der Waals surface area contributed by atoms with Crippen LogP contribution in [0.15, 0.2) is 24.4 Å².